The van der Waals surface area contributed by atoms with Gasteiger partial charge in [0.05, 0.1) is 12.8 Å². The van der Waals surface area contributed by atoms with E-state index >= 15 is 0 Å². The molecule has 5 nitrogen and oxygen atoms in total. The number of amides is 1. The largest absolute Gasteiger partial charge is 0.462 e. The second-order valence-electron chi connectivity index (χ2n) is 4.95. The summed E-state index contributed by atoms with van der Waals surface area (Å²) < 4.78 is 5.25. The summed E-state index contributed by atoms with van der Waals surface area (Å²) in [5, 5.41) is 17.3. The zero-order chi connectivity index (χ0) is 15.6. The number of hydrogen-bond donors (Lipinski definition) is 2. The van der Waals surface area contributed by atoms with Crippen LogP contribution < -0.4 is 5.32 Å². The van der Waals surface area contributed by atoms with Crippen molar-refractivity contribution in [2.45, 2.75) is 12.5 Å². The number of aliphatic hydroxyl groups is 1. The number of nitrogens with zero attached hydrogens (tertiary/aromatic N) is 1. The van der Waals surface area contributed by atoms with E-state index in [0.29, 0.717) is 16.5 Å². The van der Waals surface area contributed by atoms with Crippen LogP contribution in [0.3, 0.4) is 0 Å². The van der Waals surface area contributed by atoms with Crippen LogP contribution in [0.2, 0.25) is 0 Å². The summed E-state index contributed by atoms with van der Waals surface area (Å²) in [4.78, 5) is 17.2. The fourth-order valence-electron chi connectivity index (χ4n) is 1.91. The quantitative estimate of drug-likeness (QED) is 0.752. The topological polar surface area (TPSA) is 75.4 Å². The van der Waals surface area contributed by atoms with Crippen molar-refractivity contribution in [1.29, 1.82) is 0 Å². The Labute approximate surface area is 135 Å². The summed E-state index contributed by atoms with van der Waals surface area (Å²) in [5.41, 5.74) is -0.776. The molecule has 0 fully saturated rings. The molecule has 22 heavy (non-hydrogen) atoms. The second kappa shape index (κ2) is 6.04. The van der Waals surface area contributed by atoms with Crippen molar-refractivity contribution >= 4 is 28.6 Å². The molecule has 1 atom stereocenters. The lowest BCUT2D eigenvalue weighted by Crippen LogP contribution is -2.38. The first-order valence-electron chi connectivity index (χ1n) is 6.60. The Balaban J connectivity index is 1.65. The molecule has 3 rings (SSSR count). The first-order valence-corrected chi connectivity index (χ1v) is 8.36. The summed E-state index contributed by atoms with van der Waals surface area (Å²) in [7, 11) is 0. The van der Waals surface area contributed by atoms with Crippen molar-refractivity contribution in [1.82, 2.24) is 10.3 Å². The van der Waals surface area contributed by atoms with Gasteiger partial charge in [-0.25, -0.2) is 4.98 Å². The Kier molecular flexibility index (Phi) is 4.10. The molecule has 0 aliphatic carbocycles. The van der Waals surface area contributed by atoms with Crippen LogP contribution in [0.1, 0.15) is 22.3 Å². The maximum atomic E-state index is 12.1. The SMILES string of the molecule is CC(O)(CNC(=O)c1csc(-c2ccco2)n1)c1cccs1. The highest BCUT2D eigenvalue weighted by Gasteiger charge is 2.25. The monoisotopic (exact) mass is 334 g/mol. The number of aromatic nitrogens is 1. The Morgan fingerprint density at radius 1 is 1.41 bits per heavy atom. The summed E-state index contributed by atoms with van der Waals surface area (Å²) in [6, 6.07) is 7.28. The molecule has 114 valence electrons. The van der Waals surface area contributed by atoms with Crippen molar-refractivity contribution in [2.24, 2.45) is 0 Å². The summed E-state index contributed by atoms with van der Waals surface area (Å²) in [5.74, 6) is 0.320. The Morgan fingerprint density at radius 3 is 2.95 bits per heavy atom. The third-order valence-electron chi connectivity index (χ3n) is 3.11. The van der Waals surface area contributed by atoms with Crippen LogP contribution in [0, 0.1) is 0 Å². The predicted octanol–water partition coefficient (Wildman–Crippen LogP) is 3.10. The molecule has 0 radical (unpaired) electrons. The normalized spacial score (nSPS) is 13.7. The fraction of sp³-hybridized carbons (Fsp3) is 0.200. The van der Waals surface area contributed by atoms with E-state index in [-0.39, 0.29) is 12.5 Å². The van der Waals surface area contributed by atoms with E-state index in [0.717, 1.165) is 4.88 Å². The highest BCUT2D eigenvalue weighted by molar-refractivity contribution is 7.13. The third kappa shape index (κ3) is 3.11. The number of nitrogens with one attached hydrogen (secondary N) is 1. The van der Waals surface area contributed by atoms with Gasteiger partial charge in [0, 0.05) is 10.3 Å². The minimum atomic E-state index is -1.09. The maximum Gasteiger partial charge on any atom is 0.270 e. The molecule has 0 aliphatic rings. The third-order valence-corrected chi connectivity index (χ3v) is 5.09. The van der Waals surface area contributed by atoms with Crippen LogP contribution in [0.25, 0.3) is 10.8 Å². The molecule has 0 saturated carbocycles. The van der Waals surface area contributed by atoms with E-state index < -0.39 is 5.60 Å². The molecule has 1 unspecified atom stereocenters. The lowest BCUT2D eigenvalue weighted by Gasteiger charge is -2.21. The summed E-state index contributed by atoms with van der Waals surface area (Å²) in [6.45, 7) is 1.80. The molecular formula is C15H14N2O3S2. The molecule has 0 spiro atoms. The number of thiophene rings is 1. The van der Waals surface area contributed by atoms with Crippen molar-refractivity contribution in [3.05, 3.63) is 51.9 Å². The number of furan rings is 1. The van der Waals surface area contributed by atoms with Gasteiger partial charge in [0.25, 0.3) is 5.91 Å². The van der Waals surface area contributed by atoms with Gasteiger partial charge < -0.3 is 14.8 Å². The van der Waals surface area contributed by atoms with Gasteiger partial charge in [-0.2, -0.15) is 0 Å². The van der Waals surface area contributed by atoms with Crippen LogP contribution in [-0.2, 0) is 5.60 Å². The Hall–Kier alpha value is -1.96. The number of rotatable bonds is 5. The van der Waals surface area contributed by atoms with Gasteiger partial charge in [-0.15, -0.1) is 22.7 Å². The Morgan fingerprint density at radius 2 is 2.27 bits per heavy atom. The van der Waals surface area contributed by atoms with Crippen LogP contribution in [-0.4, -0.2) is 22.5 Å². The first kappa shape index (κ1) is 15.0. The molecule has 3 heterocycles. The molecule has 0 bridgehead atoms. The van der Waals surface area contributed by atoms with Gasteiger partial charge in [0.1, 0.15) is 11.3 Å². The van der Waals surface area contributed by atoms with E-state index in [1.165, 1.54) is 22.7 Å². The minimum absolute atomic E-state index is 0.125. The van der Waals surface area contributed by atoms with Crippen molar-refractivity contribution in [3.8, 4) is 10.8 Å². The van der Waals surface area contributed by atoms with Crippen LogP contribution >= 0.6 is 22.7 Å². The summed E-state index contributed by atoms with van der Waals surface area (Å²) >= 11 is 2.79. The highest BCUT2D eigenvalue weighted by Crippen LogP contribution is 2.25. The van der Waals surface area contributed by atoms with E-state index in [2.05, 4.69) is 10.3 Å². The molecule has 3 aromatic rings. The Bertz CT molecular complexity index is 746. The van der Waals surface area contributed by atoms with Crippen molar-refractivity contribution in [2.75, 3.05) is 6.54 Å². The van der Waals surface area contributed by atoms with Crippen LogP contribution in [0.5, 0.6) is 0 Å². The fourth-order valence-corrected chi connectivity index (χ4v) is 3.46. The molecule has 7 heteroatoms. The second-order valence-corrected chi connectivity index (χ2v) is 6.75. The maximum absolute atomic E-state index is 12.1. The van der Waals surface area contributed by atoms with Gasteiger partial charge in [-0.3, -0.25) is 4.79 Å². The highest BCUT2D eigenvalue weighted by atomic mass is 32.1. The molecule has 0 saturated heterocycles. The van der Waals surface area contributed by atoms with Gasteiger partial charge >= 0.3 is 0 Å². The average Bonchev–Trinajstić information content (AvgIpc) is 3.26. The van der Waals surface area contributed by atoms with Gasteiger partial charge in [-0.05, 0) is 30.5 Å². The van der Waals surface area contributed by atoms with Crippen LogP contribution in [0.4, 0.5) is 0 Å². The number of hydrogen-bond acceptors (Lipinski definition) is 6. The van der Waals surface area contributed by atoms with Gasteiger partial charge in [-0.1, -0.05) is 6.07 Å². The summed E-state index contributed by atoms with van der Waals surface area (Å²) in [6.07, 6.45) is 1.56. The van der Waals surface area contributed by atoms with Crippen molar-refractivity contribution < 1.29 is 14.3 Å². The first-order chi connectivity index (χ1) is 10.6. The zero-order valence-corrected chi connectivity index (χ0v) is 13.4. The van der Waals surface area contributed by atoms with Gasteiger partial charge in [0.2, 0.25) is 0 Å². The molecule has 3 aromatic heterocycles. The van der Waals surface area contributed by atoms with Crippen LogP contribution in [0.15, 0.2) is 45.7 Å². The lowest BCUT2D eigenvalue weighted by atomic mass is 10.1. The standard InChI is InChI=1S/C15H14N2O3S2/c1-15(19,12-5-3-7-21-12)9-16-13(18)10-8-22-14(17-10)11-4-2-6-20-11/h2-8,19H,9H2,1H3,(H,16,18). The lowest BCUT2D eigenvalue weighted by molar-refractivity contribution is 0.0555. The minimum Gasteiger partial charge on any atom is -0.462 e. The number of carbonyl (C=O) groups excluding carboxylic acids is 1. The van der Waals surface area contributed by atoms with E-state index in [4.69, 9.17) is 4.42 Å². The van der Waals surface area contributed by atoms with E-state index in [1.54, 1.807) is 30.7 Å². The molecule has 0 aromatic carbocycles. The van der Waals surface area contributed by atoms with Gasteiger partial charge in [0.15, 0.2) is 10.8 Å². The number of carbonyl (C=O) groups is 1. The molecular weight excluding hydrogens is 320 g/mol. The predicted molar refractivity (Wildman–Crippen MR) is 86.0 cm³/mol. The number of thiazole rings is 1. The average molecular weight is 334 g/mol. The molecule has 0 aliphatic heterocycles. The zero-order valence-electron chi connectivity index (χ0n) is 11.8. The van der Waals surface area contributed by atoms with Crippen molar-refractivity contribution in [3.63, 3.8) is 0 Å². The van der Waals surface area contributed by atoms with E-state index in [9.17, 15) is 9.90 Å². The molecule has 1 amide bonds. The smallest absolute Gasteiger partial charge is 0.270 e. The molecule has 2 N–H and O–H groups in total. The van der Waals surface area contributed by atoms with E-state index in [1.807, 2.05) is 17.5 Å².